The van der Waals surface area contributed by atoms with Gasteiger partial charge in [0.15, 0.2) is 11.5 Å². The number of hydrogen-bond donors (Lipinski definition) is 2. The Morgan fingerprint density at radius 2 is 2.11 bits per heavy atom. The number of aliphatic hydroxyl groups excluding tert-OH is 1. The number of benzene rings is 1. The molecule has 0 heterocycles. The maximum absolute atomic E-state index is 8.77. The van der Waals surface area contributed by atoms with Gasteiger partial charge < -0.3 is 19.9 Å². The van der Waals surface area contributed by atoms with Gasteiger partial charge in [0.1, 0.15) is 0 Å². The first kappa shape index (κ1) is 16.3. The molecule has 0 saturated carbocycles. The number of methoxy groups -OCH3 is 1. The van der Waals surface area contributed by atoms with Crippen LogP contribution in [0.4, 0.5) is 0 Å². The van der Waals surface area contributed by atoms with Crippen LogP contribution in [-0.4, -0.2) is 31.5 Å². The monoisotopic (exact) mass is 331 g/mol. The summed E-state index contributed by atoms with van der Waals surface area (Å²) < 4.78 is 11.9. The first-order chi connectivity index (χ1) is 9.08. The molecule has 0 amide bonds. The fourth-order valence-electron chi connectivity index (χ4n) is 1.58. The van der Waals surface area contributed by atoms with Crippen LogP contribution in [0.3, 0.4) is 0 Å². The molecule has 5 heteroatoms. The van der Waals surface area contributed by atoms with E-state index in [1.54, 1.807) is 7.11 Å². The predicted octanol–water partition coefficient (Wildman–Crippen LogP) is 2.72. The molecule has 0 bridgehead atoms. The van der Waals surface area contributed by atoms with E-state index in [-0.39, 0.29) is 6.61 Å². The van der Waals surface area contributed by atoms with Crippen LogP contribution in [0, 0.1) is 0 Å². The molecule has 0 aliphatic heterocycles. The summed E-state index contributed by atoms with van der Waals surface area (Å²) in [7, 11) is 1.63. The third-order valence-corrected chi connectivity index (χ3v) is 3.14. The van der Waals surface area contributed by atoms with Crippen LogP contribution < -0.4 is 14.8 Å². The number of rotatable bonds is 8. The zero-order valence-electron chi connectivity index (χ0n) is 11.7. The minimum Gasteiger partial charge on any atom is -0.493 e. The van der Waals surface area contributed by atoms with Crippen LogP contribution in [0.2, 0.25) is 0 Å². The van der Waals surface area contributed by atoms with Crippen molar-refractivity contribution in [2.24, 2.45) is 0 Å². The molecule has 1 rings (SSSR count). The summed E-state index contributed by atoms with van der Waals surface area (Å²) >= 11 is 3.50. The maximum atomic E-state index is 8.77. The average Bonchev–Trinajstić information content (AvgIpc) is 2.38. The molecule has 0 atom stereocenters. The fourth-order valence-corrected chi connectivity index (χ4v) is 2.18. The van der Waals surface area contributed by atoms with Gasteiger partial charge in [0.25, 0.3) is 0 Å². The van der Waals surface area contributed by atoms with Gasteiger partial charge in [-0.2, -0.15) is 0 Å². The lowest BCUT2D eigenvalue weighted by Gasteiger charge is -2.15. The summed E-state index contributed by atoms with van der Waals surface area (Å²) in [6.07, 6.45) is 0.603. The van der Waals surface area contributed by atoms with Crippen molar-refractivity contribution in [1.29, 1.82) is 0 Å². The Morgan fingerprint density at radius 3 is 2.68 bits per heavy atom. The van der Waals surface area contributed by atoms with E-state index < -0.39 is 0 Å². The van der Waals surface area contributed by atoms with E-state index in [1.807, 2.05) is 12.1 Å². The van der Waals surface area contributed by atoms with Gasteiger partial charge in [0.2, 0.25) is 0 Å². The van der Waals surface area contributed by atoms with E-state index in [4.69, 9.17) is 14.6 Å². The van der Waals surface area contributed by atoms with Crippen molar-refractivity contribution < 1.29 is 14.6 Å². The van der Waals surface area contributed by atoms with Crippen molar-refractivity contribution in [3.8, 4) is 11.5 Å². The van der Waals surface area contributed by atoms with Crippen molar-refractivity contribution in [3.05, 3.63) is 22.2 Å². The zero-order chi connectivity index (χ0) is 14.3. The zero-order valence-corrected chi connectivity index (χ0v) is 13.3. The lowest BCUT2D eigenvalue weighted by atomic mass is 10.2. The van der Waals surface area contributed by atoms with Crippen molar-refractivity contribution in [3.63, 3.8) is 0 Å². The van der Waals surface area contributed by atoms with Crippen LogP contribution in [0.1, 0.15) is 25.8 Å². The smallest absolute Gasteiger partial charge is 0.175 e. The second kappa shape index (κ2) is 8.40. The van der Waals surface area contributed by atoms with Crippen molar-refractivity contribution >= 4 is 15.9 Å². The van der Waals surface area contributed by atoms with Crippen molar-refractivity contribution in [2.75, 3.05) is 20.3 Å². The normalized spacial score (nSPS) is 10.8. The van der Waals surface area contributed by atoms with Crippen LogP contribution >= 0.6 is 15.9 Å². The molecule has 19 heavy (non-hydrogen) atoms. The molecular formula is C14H22BrNO3. The standard InChI is InChI=1S/C14H22BrNO3/c1-10(2)16-9-11-7-12(15)14(13(8-11)18-3)19-6-4-5-17/h7-8,10,16-17H,4-6,9H2,1-3H3. The molecule has 0 spiro atoms. The third kappa shape index (κ3) is 5.38. The van der Waals surface area contributed by atoms with Gasteiger partial charge in [0.05, 0.1) is 18.2 Å². The van der Waals surface area contributed by atoms with Gasteiger partial charge >= 0.3 is 0 Å². The van der Waals surface area contributed by atoms with Crippen LogP contribution in [0.15, 0.2) is 16.6 Å². The van der Waals surface area contributed by atoms with Gasteiger partial charge in [-0.15, -0.1) is 0 Å². The molecule has 0 unspecified atom stereocenters. The van der Waals surface area contributed by atoms with E-state index in [9.17, 15) is 0 Å². The number of halogens is 1. The molecule has 1 aromatic rings. The molecule has 0 aliphatic rings. The number of aliphatic hydroxyl groups is 1. The Kier molecular flexibility index (Phi) is 7.20. The molecule has 1 aromatic carbocycles. The van der Waals surface area contributed by atoms with E-state index in [0.717, 1.165) is 16.6 Å². The third-order valence-electron chi connectivity index (χ3n) is 2.55. The molecule has 0 radical (unpaired) electrons. The van der Waals surface area contributed by atoms with Gasteiger partial charge in [-0.05, 0) is 33.6 Å². The highest BCUT2D eigenvalue weighted by molar-refractivity contribution is 9.10. The summed E-state index contributed by atoms with van der Waals surface area (Å²) in [4.78, 5) is 0. The summed E-state index contributed by atoms with van der Waals surface area (Å²) in [5, 5.41) is 12.1. The Morgan fingerprint density at radius 1 is 1.37 bits per heavy atom. The largest absolute Gasteiger partial charge is 0.493 e. The first-order valence-corrected chi connectivity index (χ1v) is 7.21. The summed E-state index contributed by atoms with van der Waals surface area (Å²) in [6, 6.07) is 4.42. The van der Waals surface area contributed by atoms with E-state index in [1.165, 1.54) is 0 Å². The van der Waals surface area contributed by atoms with Gasteiger partial charge in [-0.25, -0.2) is 0 Å². The van der Waals surface area contributed by atoms with E-state index in [0.29, 0.717) is 30.6 Å². The topological polar surface area (TPSA) is 50.7 Å². The van der Waals surface area contributed by atoms with Crippen molar-refractivity contribution in [2.45, 2.75) is 32.9 Å². The Hall–Kier alpha value is -0.780. The maximum Gasteiger partial charge on any atom is 0.175 e. The minimum absolute atomic E-state index is 0.121. The predicted molar refractivity (Wildman–Crippen MR) is 79.9 cm³/mol. The molecule has 108 valence electrons. The summed E-state index contributed by atoms with van der Waals surface area (Å²) in [5.74, 6) is 1.39. The van der Waals surface area contributed by atoms with Crippen molar-refractivity contribution in [1.82, 2.24) is 5.32 Å². The summed E-state index contributed by atoms with van der Waals surface area (Å²) in [5.41, 5.74) is 1.13. The van der Waals surface area contributed by atoms with Gasteiger partial charge in [-0.1, -0.05) is 13.8 Å². The Balaban J connectivity index is 2.81. The van der Waals surface area contributed by atoms with E-state index >= 15 is 0 Å². The first-order valence-electron chi connectivity index (χ1n) is 6.42. The van der Waals surface area contributed by atoms with Crippen LogP contribution in [0.5, 0.6) is 11.5 Å². The lowest BCUT2D eigenvalue weighted by Crippen LogP contribution is -2.21. The Labute approximate surface area is 123 Å². The highest BCUT2D eigenvalue weighted by Crippen LogP contribution is 2.36. The lowest BCUT2D eigenvalue weighted by molar-refractivity contribution is 0.227. The highest BCUT2D eigenvalue weighted by atomic mass is 79.9. The number of ether oxygens (including phenoxy) is 2. The minimum atomic E-state index is 0.121. The molecule has 2 N–H and O–H groups in total. The van der Waals surface area contributed by atoms with E-state index in [2.05, 4.69) is 35.1 Å². The molecule has 0 aliphatic carbocycles. The highest BCUT2D eigenvalue weighted by Gasteiger charge is 2.11. The van der Waals surface area contributed by atoms with Crippen LogP contribution in [-0.2, 0) is 6.54 Å². The number of nitrogens with one attached hydrogen (secondary N) is 1. The van der Waals surface area contributed by atoms with Gasteiger partial charge in [0, 0.05) is 25.6 Å². The molecule has 4 nitrogen and oxygen atoms in total. The second-order valence-electron chi connectivity index (χ2n) is 4.57. The molecule has 0 saturated heterocycles. The molecule has 0 aromatic heterocycles. The quantitative estimate of drug-likeness (QED) is 0.719. The second-order valence-corrected chi connectivity index (χ2v) is 5.42. The molecule has 0 fully saturated rings. The molecular weight excluding hydrogens is 310 g/mol. The number of hydrogen-bond acceptors (Lipinski definition) is 4. The summed E-state index contributed by atoms with van der Waals surface area (Å²) in [6.45, 7) is 5.59. The van der Waals surface area contributed by atoms with Gasteiger partial charge in [-0.3, -0.25) is 0 Å². The average molecular weight is 332 g/mol. The van der Waals surface area contributed by atoms with Crippen LogP contribution in [0.25, 0.3) is 0 Å². The fraction of sp³-hybridized carbons (Fsp3) is 0.571. The Bertz CT molecular complexity index is 397. The SMILES string of the molecule is COc1cc(CNC(C)C)cc(Br)c1OCCCO.